The molecule has 0 N–H and O–H groups in total. The second-order valence-electron chi connectivity index (χ2n) is 8.49. The van der Waals surface area contributed by atoms with Crippen molar-refractivity contribution in [3.63, 3.8) is 0 Å². The van der Waals surface area contributed by atoms with Crippen LogP contribution in [0.15, 0.2) is 6.20 Å². The van der Waals surface area contributed by atoms with Crippen LogP contribution in [0.2, 0.25) is 0 Å². The first kappa shape index (κ1) is 17.6. The lowest BCUT2D eigenvalue weighted by Gasteiger charge is -2.43. The molecule has 2 amide bonds. The zero-order chi connectivity index (χ0) is 18.3. The molecule has 1 aliphatic carbocycles. The zero-order valence-corrected chi connectivity index (χ0v) is 16.0. The van der Waals surface area contributed by atoms with Gasteiger partial charge in [0.05, 0.1) is 11.8 Å². The highest BCUT2D eigenvalue weighted by Gasteiger charge is 2.51. The van der Waals surface area contributed by atoms with E-state index in [0.717, 1.165) is 56.7 Å². The normalized spacial score (nSPS) is 24.3. The van der Waals surface area contributed by atoms with E-state index < -0.39 is 0 Å². The summed E-state index contributed by atoms with van der Waals surface area (Å²) in [5.41, 5.74) is 1.90. The molecule has 2 aliphatic heterocycles. The van der Waals surface area contributed by atoms with E-state index in [1.807, 2.05) is 23.8 Å². The molecule has 0 bridgehead atoms. The molecule has 6 heteroatoms. The van der Waals surface area contributed by atoms with Gasteiger partial charge in [-0.05, 0) is 50.4 Å². The number of likely N-dealkylation sites (tertiary alicyclic amines) is 2. The van der Waals surface area contributed by atoms with Crippen molar-refractivity contribution in [3.8, 4) is 0 Å². The van der Waals surface area contributed by atoms with Crippen molar-refractivity contribution in [3.05, 3.63) is 17.5 Å². The monoisotopic (exact) mass is 358 g/mol. The smallest absolute Gasteiger partial charge is 0.257 e. The number of carbonyl (C=O) groups excluding carboxylic acids is 2. The van der Waals surface area contributed by atoms with Gasteiger partial charge in [-0.25, -0.2) is 0 Å². The highest BCUT2D eigenvalue weighted by atomic mass is 16.2. The van der Waals surface area contributed by atoms with Gasteiger partial charge >= 0.3 is 0 Å². The molecule has 6 nitrogen and oxygen atoms in total. The fraction of sp³-hybridized carbons (Fsp3) is 0.750. The first-order valence-corrected chi connectivity index (χ1v) is 10.1. The van der Waals surface area contributed by atoms with Crippen LogP contribution in [0, 0.1) is 18.3 Å². The van der Waals surface area contributed by atoms with E-state index in [4.69, 9.17) is 0 Å². The van der Waals surface area contributed by atoms with Crippen LogP contribution in [0.3, 0.4) is 0 Å². The minimum Gasteiger partial charge on any atom is -0.343 e. The molecule has 142 valence electrons. The Kier molecular flexibility index (Phi) is 4.53. The quantitative estimate of drug-likeness (QED) is 0.830. The molecular weight excluding hydrogens is 328 g/mol. The second-order valence-corrected chi connectivity index (χ2v) is 8.49. The Hall–Kier alpha value is -1.85. The Labute approximate surface area is 155 Å². The molecule has 0 aromatic carbocycles. The fourth-order valence-electron chi connectivity index (χ4n) is 5.08. The predicted octanol–water partition coefficient (Wildman–Crippen LogP) is 2.37. The SMILES string of the molecule is Cc1c(C(=O)N2CC(CCC(=O)N3CCCC3)C3(CCC3)C2)cnn1C. The summed E-state index contributed by atoms with van der Waals surface area (Å²) in [6.45, 7) is 5.45. The lowest BCUT2D eigenvalue weighted by atomic mass is 9.62. The average Bonchev–Trinajstić information content (AvgIpc) is 3.31. The van der Waals surface area contributed by atoms with Crippen LogP contribution in [0.25, 0.3) is 0 Å². The summed E-state index contributed by atoms with van der Waals surface area (Å²) in [6.07, 6.45) is 9.19. The van der Waals surface area contributed by atoms with E-state index in [1.54, 1.807) is 10.9 Å². The number of rotatable bonds is 4. The Balaban J connectivity index is 1.41. The third-order valence-corrected chi connectivity index (χ3v) is 7.08. The topological polar surface area (TPSA) is 58.4 Å². The summed E-state index contributed by atoms with van der Waals surface area (Å²) in [5.74, 6) is 0.879. The molecular formula is C20H30N4O2. The Bertz CT molecular complexity index is 701. The molecule has 0 radical (unpaired) electrons. The van der Waals surface area contributed by atoms with Crippen molar-refractivity contribution in [2.24, 2.45) is 18.4 Å². The lowest BCUT2D eigenvalue weighted by Crippen LogP contribution is -2.39. The van der Waals surface area contributed by atoms with Gasteiger partial charge in [-0.2, -0.15) is 5.10 Å². The summed E-state index contributed by atoms with van der Waals surface area (Å²) in [7, 11) is 1.87. The maximum Gasteiger partial charge on any atom is 0.257 e. The molecule has 2 saturated heterocycles. The molecule has 4 rings (SSSR count). The second kappa shape index (κ2) is 6.71. The molecule has 1 unspecified atom stereocenters. The third-order valence-electron chi connectivity index (χ3n) is 7.08. The third kappa shape index (κ3) is 2.93. The number of amides is 2. The van der Waals surface area contributed by atoms with Gasteiger partial charge in [0, 0.05) is 45.3 Å². The molecule has 1 aromatic heterocycles. The number of aromatic nitrogens is 2. The standard InChI is InChI=1S/C20H30N4O2/c1-15-17(12-21-22(15)2)19(26)24-13-16(20(14-24)8-5-9-20)6-7-18(25)23-10-3-4-11-23/h12,16H,3-11,13-14H2,1-2H3. The molecule has 3 fully saturated rings. The van der Waals surface area contributed by atoms with Crippen LogP contribution >= 0.6 is 0 Å². The molecule has 3 aliphatic rings. The Morgan fingerprint density at radius 3 is 2.50 bits per heavy atom. The van der Waals surface area contributed by atoms with Gasteiger partial charge in [-0.3, -0.25) is 14.3 Å². The van der Waals surface area contributed by atoms with Gasteiger partial charge in [0.25, 0.3) is 5.91 Å². The van der Waals surface area contributed by atoms with E-state index >= 15 is 0 Å². The number of aryl methyl sites for hydroxylation is 1. The maximum atomic E-state index is 13.0. The number of hydrogen-bond acceptors (Lipinski definition) is 3. The fourth-order valence-corrected chi connectivity index (χ4v) is 5.08. The largest absolute Gasteiger partial charge is 0.343 e. The van der Waals surface area contributed by atoms with E-state index in [1.165, 1.54) is 19.3 Å². The minimum absolute atomic E-state index is 0.107. The molecule has 1 aromatic rings. The molecule has 1 spiro atoms. The van der Waals surface area contributed by atoms with Crippen molar-refractivity contribution >= 4 is 11.8 Å². The van der Waals surface area contributed by atoms with Gasteiger partial charge in [0.15, 0.2) is 0 Å². The van der Waals surface area contributed by atoms with Crippen molar-refractivity contribution in [2.75, 3.05) is 26.2 Å². The molecule has 3 heterocycles. The molecule has 1 saturated carbocycles. The Morgan fingerprint density at radius 2 is 1.92 bits per heavy atom. The van der Waals surface area contributed by atoms with Gasteiger partial charge in [-0.15, -0.1) is 0 Å². The van der Waals surface area contributed by atoms with Crippen LogP contribution in [0.5, 0.6) is 0 Å². The van der Waals surface area contributed by atoms with E-state index in [0.29, 0.717) is 18.2 Å². The molecule has 1 atom stereocenters. The first-order chi connectivity index (χ1) is 12.5. The summed E-state index contributed by atoms with van der Waals surface area (Å²) in [5, 5.41) is 4.22. The van der Waals surface area contributed by atoms with Gasteiger partial charge in [0.2, 0.25) is 5.91 Å². The Morgan fingerprint density at radius 1 is 1.19 bits per heavy atom. The highest BCUT2D eigenvalue weighted by molar-refractivity contribution is 5.95. The average molecular weight is 358 g/mol. The summed E-state index contributed by atoms with van der Waals surface area (Å²) >= 11 is 0. The zero-order valence-electron chi connectivity index (χ0n) is 16.0. The van der Waals surface area contributed by atoms with Gasteiger partial charge < -0.3 is 9.80 Å². The summed E-state index contributed by atoms with van der Waals surface area (Å²) in [6, 6.07) is 0. The van der Waals surface area contributed by atoms with Gasteiger partial charge in [0.1, 0.15) is 0 Å². The first-order valence-electron chi connectivity index (χ1n) is 10.1. The van der Waals surface area contributed by atoms with Crippen molar-refractivity contribution in [1.82, 2.24) is 19.6 Å². The number of hydrogen-bond donors (Lipinski definition) is 0. The van der Waals surface area contributed by atoms with Crippen LogP contribution < -0.4 is 0 Å². The van der Waals surface area contributed by atoms with Crippen LogP contribution in [0.1, 0.15) is 61.0 Å². The number of carbonyl (C=O) groups is 2. The summed E-state index contributed by atoms with van der Waals surface area (Å²) < 4.78 is 1.76. The summed E-state index contributed by atoms with van der Waals surface area (Å²) in [4.78, 5) is 29.5. The van der Waals surface area contributed by atoms with Crippen molar-refractivity contribution in [1.29, 1.82) is 0 Å². The van der Waals surface area contributed by atoms with Crippen molar-refractivity contribution < 1.29 is 9.59 Å². The molecule has 26 heavy (non-hydrogen) atoms. The lowest BCUT2D eigenvalue weighted by molar-refractivity contribution is -0.130. The van der Waals surface area contributed by atoms with Crippen molar-refractivity contribution in [2.45, 2.75) is 51.9 Å². The van der Waals surface area contributed by atoms with E-state index in [9.17, 15) is 9.59 Å². The van der Waals surface area contributed by atoms with Crippen LogP contribution in [-0.2, 0) is 11.8 Å². The van der Waals surface area contributed by atoms with E-state index in [2.05, 4.69) is 5.10 Å². The van der Waals surface area contributed by atoms with E-state index in [-0.39, 0.29) is 11.3 Å². The van der Waals surface area contributed by atoms with Gasteiger partial charge in [-0.1, -0.05) is 6.42 Å². The number of nitrogens with zero attached hydrogens (tertiary/aromatic N) is 4. The van der Waals surface area contributed by atoms with Crippen LogP contribution in [-0.4, -0.2) is 57.6 Å². The highest BCUT2D eigenvalue weighted by Crippen LogP contribution is 2.53. The van der Waals surface area contributed by atoms with Crippen LogP contribution in [0.4, 0.5) is 0 Å². The maximum absolute atomic E-state index is 13.0. The minimum atomic E-state index is 0.107. The predicted molar refractivity (Wildman–Crippen MR) is 98.7 cm³/mol.